The number of carbonyl (C=O) groups excluding carboxylic acids is 2. The predicted molar refractivity (Wildman–Crippen MR) is 88.0 cm³/mol. The number of nitrogens with one attached hydrogen (secondary N) is 1. The number of nitrogens with zero attached hydrogens (tertiary/aromatic N) is 1. The van der Waals surface area contributed by atoms with E-state index in [0.717, 1.165) is 18.5 Å². The molecule has 3 rings (SSSR count). The molecule has 1 aliphatic carbocycles. The fraction of sp³-hybridized carbons (Fsp3) is 0.267. The van der Waals surface area contributed by atoms with Crippen molar-refractivity contribution in [1.29, 1.82) is 0 Å². The highest BCUT2D eigenvalue weighted by atomic mass is 79.9. The van der Waals surface area contributed by atoms with Crippen LogP contribution in [0, 0.1) is 0 Å². The van der Waals surface area contributed by atoms with Crippen LogP contribution >= 0.6 is 27.3 Å². The minimum absolute atomic E-state index is 0.113. The maximum absolute atomic E-state index is 12.4. The smallest absolute Gasteiger partial charge is 0.258 e. The highest BCUT2D eigenvalue weighted by Gasteiger charge is 2.23. The topological polar surface area (TPSA) is 68.3 Å². The molecular formula is C15H13BrN2O3S. The summed E-state index contributed by atoms with van der Waals surface area (Å²) in [4.78, 5) is 29.2. The highest BCUT2D eigenvalue weighted by molar-refractivity contribution is 9.10. The number of amides is 1. The Labute approximate surface area is 139 Å². The van der Waals surface area contributed by atoms with Gasteiger partial charge in [-0.1, -0.05) is 11.3 Å². The largest absolute Gasteiger partial charge is 0.497 e. The van der Waals surface area contributed by atoms with Crippen LogP contribution in [0.25, 0.3) is 0 Å². The van der Waals surface area contributed by atoms with Gasteiger partial charge in [0.25, 0.3) is 5.91 Å². The number of rotatable bonds is 3. The monoisotopic (exact) mass is 380 g/mol. The first-order chi connectivity index (χ1) is 10.6. The van der Waals surface area contributed by atoms with E-state index < -0.39 is 0 Å². The first-order valence-electron chi connectivity index (χ1n) is 6.76. The number of benzene rings is 1. The van der Waals surface area contributed by atoms with Crippen molar-refractivity contribution in [3.8, 4) is 5.75 Å². The molecule has 2 aromatic rings. The molecule has 7 heteroatoms. The van der Waals surface area contributed by atoms with Crippen molar-refractivity contribution >= 4 is 44.1 Å². The van der Waals surface area contributed by atoms with Crippen LogP contribution in [0.5, 0.6) is 5.75 Å². The van der Waals surface area contributed by atoms with E-state index in [4.69, 9.17) is 4.74 Å². The quantitative estimate of drug-likeness (QED) is 0.881. The zero-order chi connectivity index (χ0) is 15.7. The first kappa shape index (κ1) is 15.2. The zero-order valence-electron chi connectivity index (χ0n) is 11.8. The molecule has 22 heavy (non-hydrogen) atoms. The lowest BCUT2D eigenvalue weighted by Crippen LogP contribution is -2.12. The molecule has 1 aromatic heterocycles. The number of hydrogen-bond acceptors (Lipinski definition) is 5. The van der Waals surface area contributed by atoms with Gasteiger partial charge in [0.15, 0.2) is 10.9 Å². The Morgan fingerprint density at radius 3 is 2.95 bits per heavy atom. The standard InChI is InChI=1S/C15H13BrN2O3S/c1-21-8-5-6-10(16)9(7-8)14(20)18-15-17-11-3-2-4-12(19)13(11)22-15/h5-7H,2-4H2,1H3,(H,17,18,20). The molecule has 0 atom stereocenters. The van der Waals surface area contributed by atoms with Crippen LogP contribution in [0.1, 0.15) is 38.6 Å². The molecule has 0 fully saturated rings. The van der Waals surface area contributed by atoms with Crippen molar-refractivity contribution in [2.24, 2.45) is 0 Å². The maximum atomic E-state index is 12.4. The van der Waals surface area contributed by atoms with Gasteiger partial charge in [-0.2, -0.15) is 0 Å². The molecule has 1 aliphatic rings. The average Bonchev–Trinajstić information content (AvgIpc) is 2.91. The van der Waals surface area contributed by atoms with Crippen LogP contribution in [-0.4, -0.2) is 23.8 Å². The number of methoxy groups -OCH3 is 1. The number of halogens is 1. The van der Waals surface area contributed by atoms with Gasteiger partial charge in [0, 0.05) is 10.9 Å². The van der Waals surface area contributed by atoms with Gasteiger partial charge < -0.3 is 4.74 Å². The summed E-state index contributed by atoms with van der Waals surface area (Å²) in [6, 6.07) is 5.17. The Bertz CT molecular complexity index is 757. The number of aryl methyl sites for hydroxylation is 1. The van der Waals surface area contributed by atoms with Gasteiger partial charge in [-0.05, 0) is 47.0 Å². The number of thiazole rings is 1. The third-order valence-electron chi connectivity index (χ3n) is 3.41. The number of hydrogen-bond donors (Lipinski definition) is 1. The fourth-order valence-corrected chi connectivity index (χ4v) is 3.69. The summed E-state index contributed by atoms with van der Waals surface area (Å²) in [5, 5.41) is 3.22. The Morgan fingerprint density at radius 1 is 1.41 bits per heavy atom. The predicted octanol–water partition coefficient (Wildman–Crippen LogP) is 3.69. The molecule has 0 saturated heterocycles. The van der Waals surface area contributed by atoms with E-state index in [1.807, 2.05) is 0 Å². The maximum Gasteiger partial charge on any atom is 0.258 e. The second-order valence-electron chi connectivity index (χ2n) is 4.87. The Kier molecular flexibility index (Phi) is 4.26. The average molecular weight is 381 g/mol. The molecule has 5 nitrogen and oxygen atoms in total. The molecule has 1 aromatic carbocycles. The third kappa shape index (κ3) is 2.91. The molecule has 1 heterocycles. The summed E-state index contributed by atoms with van der Waals surface area (Å²) < 4.78 is 5.80. The Hall–Kier alpha value is -1.73. The van der Waals surface area contributed by atoms with Crippen LogP contribution in [0.2, 0.25) is 0 Å². The molecule has 114 valence electrons. The molecule has 0 unspecified atom stereocenters. The number of aromatic nitrogens is 1. The van der Waals surface area contributed by atoms with Gasteiger partial charge in [-0.3, -0.25) is 14.9 Å². The number of anilines is 1. The van der Waals surface area contributed by atoms with E-state index in [2.05, 4.69) is 26.2 Å². The molecule has 0 aliphatic heterocycles. The lowest BCUT2D eigenvalue weighted by atomic mass is 10.0. The van der Waals surface area contributed by atoms with Gasteiger partial charge >= 0.3 is 0 Å². The van der Waals surface area contributed by atoms with Gasteiger partial charge in [0.1, 0.15) is 5.75 Å². The number of ketones is 1. The minimum atomic E-state index is -0.288. The fourth-order valence-electron chi connectivity index (χ4n) is 2.29. The zero-order valence-corrected chi connectivity index (χ0v) is 14.2. The second kappa shape index (κ2) is 6.18. The molecule has 0 spiro atoms. The molecule has 0 radical (unpaired) electrons. The lowest BCUT2D eigenvalue weighted by molar-refractivity contribution is 0.0975. The van der Waals surface area contributed by atoms with Crippen molar-refractivity contribution in [2.75, 3.05) is 12.4 Å². The minimum Gasteiger partial charge on any atom is -0.497 e. The molecule has 0 bridgehead atoms. The van der Waals surface area contributed by atoms with Gasteiger partial charge in [0.05, 0.1) is 23.2 Å². The lowest BCUT2D eigenvalue weighted by Gasteiger charge is -2.06. The summed E-state index contributed by atoms with van der Waals surface area (Å²) in [7, 11) is 1.55. The van der Waals surface area contributed by atoms with Crippen LogP contribution < -0.4 is 10.1 Å². The number of ether oxygens (including phenoxy) is 1. The molecule has 0 saturated carbocycles. The summed E-state index contributed by atoms with van der Waals surface area (Å²) in [6.45, 7) is 0. The summed E-state index contributed by atoms with van der Waals surface area (Å²) in [5.41, 5.74) is 1.25. The van der Waals surface area contributed by atoms with E-state index in [9.17, 15) is 9.59 Å². The van der Waals surface area contributed by atoms with E-state index in [-0.39, 0.29) is 11.7 Å². The Morgan fingerprint density at radius 2 is 2.23 bits per heavy atom. The second-order valence-corrected chi connectivity index (χ2v) is 6.72. The van der Waals surface area contributed by atoms with Crippen molar-refractivity contribution in [3.05, 3.63) is 38.8 Å². The molecule has 1 N–H and O–H groups in total. The van der Waals surface area contributed by atoms with E-state index in [0.29, 0.717) is 32.2 Å². The normalized spacial score (nSPS) is 13.6. The van der Waals surface area contributed by atoms with E-state index in [1.165, 1.54) is 11.3 Å². The van der Waals surface area contributed by atoms with E-state index >= 15 is 0 Å². The van der Waals surface area contributed by atoms with Crippen LogP contribution in [-0.2, 0) is 6.42 Å². The first-order valence-corrected chi connectivity index (χ1v) is 8.37. The number of Topliss-reactive ketones (excluding diaryl/α,β-unsaturated/α-hetero) is 1. The molecule has 1 amide bonds. The summed E-state index contributed by atoms with van der Waals surface area (Å²) >= 11 is 4.60. The van der Waals surface area contributed by atoms with Gasteiger partial charge in [0.2, 0.25) is 0 Å². The third-order valence-corrected chi connectivity index (χ3v) is 5.15. The summed E-state index contributed by atoms with van der Waals surface area (Å²) in [6.07, 6.45) is 2.17. The number of carbonyl (C=O) groups is 2. The summed E-state index contributed by atoms with van der Waals surface area (Å²) in [5.74, 6) is 0.424. The van der Waals surface area contributed by atoms with Crippen LogP contribution in [0.4, 0.5) is 5.13 Å². The van der Waals surface area contributed by atoms with Crippen LogP contribution in [0.3, 0.4) is 0 Å². The van der Waals surface area contributed by atoms with Gasteiger partial charge in [-0.15, -0.1) is 0 Å². The van der Waals surface area contributed by atoms with Gasteiger partial charge in [-0.25, -0.2) is 4.98 Å². The number of fused-ring (bicyclic) bond motifs is 1. The Balaban J connectivity index is 1.84. The van der Waals surface area contributed by atoms with Crippen molar-refractivity contribution in [2.45, 2.75) is 19.3 Å². The van der Waals surface area contributed by atoms with Crippen LogP contribution in [0.15, 0.2) is 22.7 Å². The SMILES string of the molecule is COc1ccc(Br)c(C(=O)Nc2nc3c(s2)C(=O)CCC3)c1. The van der Waals surface area contributed by atoms with Crippen molar-refractivity contribution in [1.82, 2.24) is 4.98 Å². The molecular weight excluding hydrogens is 368 g/mol. The van der Waals surface area contributed by atoms with E-state index in [1.54, 1.807) is 25.3 Å². The van der Waals surface area contributed by atoms with Crippen molar-refractivity contribution in [3.63, 3.8) is 0 Å². The van der Waals surface area contributed by atoms with Crippen molar-refractivity contribution < 1.29 is 14.3 Å². The highest BCUT2D eigenvalue weighted by Crippen LogP contribution is 2.30.